The lowest BCUT2D eigenvalue weighted by Crippen LogP contribution is -2.49. The summed E-state index contributed by atoms with van der Waals surface area (Å²) in [6.45, 7) is 16.3. The zero-order valence-corrected chi connectivity index (χ0v) is 23.5. The molecule has 1 aliphatic rings. The Bertz CT molecular complexity index is 906. The summed E-state index contributed by atoms with van der Waals surface area (Å²) in [5.41, 5.74) is 0.263. The third-order valence-electron chi connectivity index (χ3n) is 5.85. The molecule has 1 unspecified atom stereocenters. The highest BCUT2D eigenvalue weighted by atomic mass is 32.2. The van der Waals surface area contributed by atoms with Gasteiger partial charge in [-0.3, -0.25) is 9.89 Å². The minimum atomic E-state index is -2.25. The predicted molar refractivity (Wildman–Crippen MR) is 138 cm³/mol. The van der Waals surface area contributed by atoms with Crippen molar-refractivity contribution >= 4 is 37.3 Å². The maximum Gasteiger partial charge on any atom is 0.413 e. The Morgan fingerprint density at radius 3 is 2.21 bits per heavy atom. The summed E-state index contributed by atoms with van der Waals surface area (Å²) in [7, 11) is -2.25. The van der Waals surface area contributed by atoms with Crippen molar-refractivity contribution in [3.05, 3.63) is 29.8 Å². The highest BCUT2D eigenvalue weighted by molar-refractivity contribution is 8.13. The topological polar surface area (TPSA) is 97.7 Å². The minimum absolute atomic E-state index is 0.0335. The molecule has 1 aromatic carbocycles. The number of thioether (sulfide) groups is 1. The molecular weight excluding hydrogens is 472 g/mol. The first-order chi connectivity index (χ1) is 15.5. The average Bonchev–Trinajstić information content (AvgIpc) is 3.14. The molecule has 0 fully saturated rings. The SMILES string of the molecule is CSC1=N[C@@H](c2ccc(OCC(O[Si](C)(C)C(C)(C)C)C(=O)OC(C)(C)C)cc2)CN1C(=O)O. The van der Waals surface area contributed by atoms with Gasteiger partial charge in [0.1, 0.15) is 18.0 Å². The van der Waals surface area contributed by atoms with Gasteiger partial charge in [-0.25, -0.2) is 9.59 Å². The van der Waals surface area contributed by atoms with Gasteiger partial charge in [0, 0.05) is 0 Å². The number of amidine groups is 1. The van der Waals surface area contributed by atoms with E-state index >= 15 is 0 Å². The van der Waals surface area contributed by atoms with E-state index in [9.17, 15) is 14.7 Å². The van der Waals surface area contributed by atoms with E-state index in [0.717, 1.165) is 5.56 Å². The Balaban J connectivity index is 2.12. The standard InChI is InChI=1S/C24H38N2O6SSi/c1-23(2,3)31-20(27)19(32-34(8,9)24(4,5)6)15-30-17-12-10-16(11-13-17)18-14-26(22(28)29)21(25-18)33-7/h10-13,18-19H,14-15H2,1-9H3,(H,28,29)/t18-,19?/m1/s1. The van der Waals surface area contributed by atoms with Crippen molar-refractivity contribution in [3.63, 3.8) is 0 Å². The molecule has 0 aliphatic carbocycles. The zero-order valence-electron chi connectivity index (χ0n) is 21.7. The van der Waals surface area contributed by atoms with Gasteiger partial charge in [0.05, 0.1) is 12.6 Å². The van der Waals surface area contributed by atoms with Crippen LogP contribution in [-0.4, -0.2) is 66.7 Å². The molecule has 0 bridgehead atoms. The Labute approximate surface area is 208 Å². The fraction of sp³-hybridized carbons (Fsp3) is 0.625. The fourth-order valence-electron chi connectivity index (χ4n) is 3.01. The molecule has 8 nitrogen and oxygen atoms in total. The third-order valence-corrected chi connectivity index (χ3v) is 11.0. The molecule has 0 spiro atoms. The van der Waals surface area contributed by atoms with Crippen LogP contribution in [0.1, 0.15) is 53.1 Å². The molecule has 1 aliphatic heterocycles. The van der Waals surface area contributed by atoms with Gasteiger partial charge in [-0.1, -0.05) is 44.7 Å². The Hall–Kier alpha value is -2.04. The van der Waals surface area contributed by atoms with Crippen LogP contribution in [0.3, 0.4) is 0 Å². The second-order valence-electron chi connectivity index (χ2n) is 10.8. The van der Waals surface area contributed by atoms with Crippen molar-refractivity contribution in [2.45, 2.75) is 77.4 Å². The van der Waals surface area contributed by atoms with Crippen LogP contribution in [-0.2, 0) is 14.0 Å². The van der Waals surface area contributed by atoms with Gasteiger partial charge >= 0.3 is 12.1 Å². The van der Waals surface area contributed by atoms with Crippen LogP contribution in [0.25, 0.3) is 0 Å². The van der Waals surface area contributed by atoms with E-state index in [-0.39, 0.29) is 24.2 Å². The van der Waals surface area contributed by atoms with Crippen LogP contribution in [0.15, 0.2) is 29.3 Å². The number of hydrogen-bond acceptors (Lipinski definition) is 7. The highest BCUT2D eigenvalue weighted by Crippen LogP contribution is 2.37. The van der Waals surface area contributed by atoms with Crippen LogP contribution in [0.5, 0.6) is 5.75 Å². The Morgan fingerprint density at radius 1 is 1.18 bits per heavy atom. The molecule has 2 atom stereocenters. The quantitative estimate of drug-likeness (QED) is 0.379. The summed E-state index contributed by atoms with van der Waals surface area (Å²) in [5, 5.41) is 9.77. The predicted octanol–water partition coefficient (Wildman–Crippen LogP) is 5.55. The summed E-state index contributed by atoms with van der Waals surface area (Å²) in [4.78, 5) is 30.1. The molecule has 0 saturated carbocycles. The molecule has 0 saturated heterocycles. The van der Waals surface area contributed by atoms with Crippen molar-refractivity contribution in [3.8, 4) is 5.75 Å². The summed E-state index contributed by atoms with van der Waals surface area (Å²) in [5.74, 6) is 0.144. The van der Waals surface area contributed by atoms with Crippen LogP contribution in [0, 0.1) is 0 Å². The molecule has 2 rings (SSSR count). The van der Waals surface area contributed by atoms with Crippen molar-refractivity contribution in [1.29, 1.82) is 0 Å². The van der Waals surface area contributed by atoms with Gasteiger partial charge in [-0.15, -0.1) is 0 Å². The highest BCUT2D eigenvalue weighted by Gasteiger charge is 2.42. The number of esters is 1. The van der Waals surface area contributed by atoms with Crippen LogP contribution in [0.2, 0.25) is 18.1 Å². The number of aliphatic imine (C=N–C) groups is 1. The third kappa shape index (κ3) is 7.48. The van der Waals surface area contributed by atoms with Crippen LogP contribution in [0.4, 0.5) is 4.79 Å². The van der Waals surface area contributed by atoms with Gasteiger partial charge in [-0.2, -0.15) is 0 Å². The van der Waals surface area contributed by atoms with Gasteiger partial charge in [0.25, 0.3) is 0 Å². The molecule has 190 valence electrons. The van der Waals surface area contributed by atoms with E-state index in [4.69, 9.17) is 13.9 Å². The van der Waals surface area contributed by atoms with Crippen molar-refractivity contribution < 1.29 is 28.6 Å². The van der Waals surface area contributed by atoms with E-state index in [1.54, 1.807) is 18.4 Å². The van der Waals surface area contributed by atoms with E-state index in [1.165, 1.54) is 16.7 Å². The maximum absolute atomic E-state index is 12.9. The van der Waals surface area contributed by atoms with Crippen molar-refractivity contribution in [2.75, 3.05) is 19.4 Å². The molecule has 1 aromatic rings. The fourth-order valence-corrected chi connectivity index (χ4v) is 4.84. The van der Waals surface area contributed by atoms with Crippen LogP contribution >= 0.6 is 11.8 Å². The molecular formula is C24H38N2O6SSi. The molecule has 34 heavy (non-hydrogen) atoms. The van der Waals surface area contributed by atoms with E-state index < -0.39 is 32.1 Å². The lowest BCUT2D eigenvalue weighted by atomic mass is 10.1. The molecule has 0 aromatic heterocycles. The molecule has 10 heteroatoms. The number of benzene rings is 1. The van der Waals surface area contributed by atoms with Gasteiger partial charge in [0.2, 0.25) is 0 Å². The number of rotatable bonds is 7. The number of carbonyl (C=O) groups excluding carboxylic acids is 1. The lowest BCUT2D eigenvalue weighted by Gasteiger charge is -2.39. The molecule has 1 amide bonds. The maximum atomic E-state index is 12.9. The Kier molecular flexibility index (Phi) is 8.87. The first kappa shape index (κ1) is 28.2. The minimum Gasteiger partial charge on any atom is -0.490 e. The number of carboxylic acid groups (broad SMARTS) is 1. The van der Waals surface area contributed by atoms with E-state index in [2.05, 4.69) is 38.9 Å². The monoisotopic (exact) mass is 510 g/mol. The smallest absolute Gasteiger partial charge is 0.413 e. The van der Waals surface area contributed by atoms with Crippen LogP contribution < -0.4 is 4.74 Å². The number of ether oxygens (including phenoxy) is 2. The summed E-state index contributed by atoms with van der Waals surface area (Å²) in [6, 6.07) is 7.06. The number of nitrogens with zero attached hydrogens (tertiary/aromatic N) is 2. The molecule has 1 N–H and O–H groups in total. The number of hydrogen-bond donors (Lipinski definition) is 1. The molecule has 0 radical (unpaired) electrons. The van der Waals surface area contributed by atoms with Gasteiger partial charge < -0.3 is 19.0 Å². The zero-order chi connectivity index (χ0) is 25.9. The lowest BCUT2D eigenvalue weighted by molar-refractivity contribution is -0.165. The van der Waals surface area contributed by atoms with Crippen molar-refractivity contribution in [1.82, 2.24) is 4.90 Å². The summed E-state index contributed by atoms with van der Waals surface area (Å²) in [6.07, 6.45) is -0.0425. The normalized spacial score (nSPS) is 17.9. The van der Waals surface area contributed by atoms with Gasteiger partial charge in [-0.05, 0) is 62.9 Å². The number of carbonyl (C=O) groups is 2. The van der Waals surface area contributed by atoms with E-state index in [0.29, 0.717) is 10.9 Å². The summed E-state index contributed by atoms with van der Waals surface area (Å²) < 4.78 is 17.9. The first-order valence-electron chi connectivity index (χ1n) is 11.3. The van der Waals surface area contributed by atoms with Gasteiger partial charge in [0.15, 0.2) is 19.6 Å². The largest absolute Gasteiger partial charge is 0.490 e. The van der Waals surface area contributed by atoms with E-state index in [1.807, 2.05) is 32.9 Å². The average molecular weight is 511 g/mol. The number of amides is 1. The second kappa shape index (κ2) is 10.7. The Morgan fingerprint density at radius 2 is 1.76 bits per heavy atom. The first-order valence-corrected chi connectivity index (χ1v) is 15.4. The second-order valence-corrected chi connectivity index (χ2v) is 16.3. The molecule has 1 heterocycles. The van der Waals surface area contributed by atoms with Crippen molar-refractivity contribution in [2.24, 2.45) is 4.99 Å². The summed E-state index contributed by atoms with van der Waals surface area (Å²) >= 11 is 1.31.